The van der Waals surface area contributed by atoms with E-state index in [1.54, 1.807) is 4.90 Å². The Kier molecular flexibility index (Phi) is 4.73. The quantitative estimate of drug-likeness (QED) is 0.577. The van der Waals surface area contributed by atoms with Gasteiger partial charge in [0.25, 0.3) is 0 Å². The van der Waals surface area contributed by atoms with Gasteiger partial charge < -0.3 is 4.90 Å². The molecule has 0 aromatic heterocycles. The van der Waals surface area contributed by atoms with E-state index in [4.69, 9.17) is 0 Å². The molecule has 5 heteroatoms. The number of hydrogen-bond donors (Lipinski definition) is 0. The summed E-state index contributed by atoms with van der Waals surface area (Å²) in [5, 5.41) is 0. The average Bonchev–Trinajstić information content (AvgIpc) is 2.56. The molecule has 0 N–H and O–H groups in total. The molecule has 1 fully saturated rings. The van der Waals surface area contributed by atoms with Crippen molar-refractivity contribution in [2.24, 2.45) is 11.8 Å². The largest absolute Gasteiger partial charge is 0.332 e. The molecular formula is C11H15Br2NO2. The first kappa shape index (κ1) is 13.9. The number of carbonyl (C=O) groups excluding carboxylic acids is 2. The van der Waals surface area contributed by atoms with Crippen LogP contribution in [0, 0.1) is 11.8 Å². The summed E-state index contributed by atoms with van der Waals surface area (Å²) in [5.74, 6) is 0.143. The number of likely N-dealkylation sites (tertiary alicyclic amines) is 1. The minimum atomic E-state index is -0.357. The van der Waals surface area contributed by atoms with Crippen molar-refractivity contribution in [1.29, 1.82) is 0 Å². The van der Waals surface area contributed by atoms with Crippen molar-refractivity contribution in [1.82, 2.24) is 4.90 Å². The van der Waals surface area contributed by atoms with Crippen LogP contribution in [0.1, 0.15) is 13.8 Å². The first-order chi connectivity index (χ1) is 7.40. The Morgan fingerprint density at radius 1 is 1.44 bits per heavy atom. The molecule has 1 heterocycles. The molecule has 0 aliphatic carbocycles. The van der Waals surface area contributed by atoms with Crippen LogP contribution in [-0.4, -0.2) is 32.9 Å². The molecule has 3 nitrogen and oxygen atoms in total. The number of halogens is 2. The van der Waals surface area contributed by atoms with Crippen molar-refractivity contribution in [3.63, 3.8) is 0 Å². The van der Waals surface area contributed by atoms with Gasteiger partial charge in [-0.1, -0.05) is 37.9 Å². The number of rotatable bonds is 3. The van der Waals surface area contributed by atoms with Crippen molar-refractivity contribution in [2.45, 2.75) is 23.6 Å². The average molecular weight is 353 g/mol. The van der Waals surface area contributed by atoms with Gasteiger partial charge in [-0.15, -0.1) is 6.58 Å². The second kappa shape index (κ2) is 5.45. The van der Waals surface area contributed by atoms with Gasteiger partial charge in [0, 0.05) is 25.3 Å². The second-order valence-corrected chi connectivity index (χ2v) is 7.24. The first-order valence-corrected chi connectivity index (χ1v) is 6.91. The molecule has 1 amide bonds. The van der Waals surface area contributed by atoms with E-state index in [1.807, 2.05) is 6.08 Å². The summed E-state index contributed by atoms with van der Waals surface area (Å²) in [4.78, 5) is 24.8. The maximum atomic E-state index is 11.7. The van der Waals surface area contributed by atoms with Gasteiger partial charge in [0.05, 0.1) is 9.78 Å². The van der Waals surface area contributed by atoms with E-state index in [2.05, 4.69) is 38.4 Å². The molecule has 1 unspecified atom stereocenters. The van der Waals surface area contributed by atoms with Gasteiger partial charge in [0.15, 0.2) is 5.78 Å². The molecule has 0 aromatic rings. The molecule has 1 aliphatic heterocycles. The van der Waals surface area contributed by atoms with Crippen LogP contribution in [0.4, 0.5) is 0 Å². The van der Waals surface area contributed by atoms with E-state index in [1.165, 1.54) is 13.8 Å². The topological polar surface area (TPSA) is 37.4 Å². The van der Waals surface area contributed by atoms with Gasteiger partial charge in [-0.3, -0.25) is 9.59 Å². The third-order valence-corrected chi connectivity index (χ3v) is 4.24. The fourth-order valence-corrected chi connectivity index (χ4v) is 3.64. The summed E-state index contributed by atoms with van der Waals surface area (Å²) in [5.41, 5.74) is 0. The zero-order chi connectivity index (χ0) is 12.5. The van der Waals surface area contributed by atoms with E-state index in [0.29, 0.717) is 6.54 Å². The molecule has 16 heavy (non-hydrogen) atoms. The molecule has 0 spiro atoms. The second-order valence-electron chi connectivity index (χ2n) is 4.04. The number of nitrogens with zero attached hydrogens (tertiary/aromatic N) is 1. The summed E-state index contributed by atoms with van der Waals surface area (Å²) in [6, 6.07) is -0.357. The molecule has 0 radical (unpaired) electrons. The minimum absolute atomic E-state index is 0.00116. The Balaban J connectivity index is 3.06. The number of Topliss-reactive ketones (excluding diaryl/α,β-unsaturated/α-hetero) is 1. The third kappa shape index (κ3) is 2.56. The van der Waals surface area contributed by atoms with Crippen LogP contribution in [0.15, 0.2) is 12.7 Å². The number of carbonyl (C=O) groups is 2. The van der Waals surface area contributed by atoms with Crippen LogP contribution in [0.2, 0.25) is 0 Å². The zero-order valence-electron chi connectivity index (χ0n) is 9.32. The molecule has 0 aromatic carbocycles. The summed E-state index contributed by atoms with van der Waals surface area (Å²) in [6.45, 7) is 7.37. The number of ketones is 1. The number of hydrogen-bond acceptors (Lipinski definition) is 2. The Morgan fingerprint density at radius 3 is 2.31 bits per heavy atom. The normalized spacial score (nSPS) is 29.6. The standard InChI is InChI=1S/C11H15Br2NO2/c1-4-8-5-14(7(3)16)10(6(2)15)9(8)11(12)13/h4,8-11H,1,5H2,2-3H3/t8?,9-,10+/m0/s1. The van der Waals surface area contributed by atoms with Crippen LogP contribution >= 0.6 is 31.9 Å². The lowest BCUT2D eigenvalue weighted by Crippen LogP contribution is -2.42. The van der Waals surface area contributed by atoms with Gasteiger partial charge in [-0.2, -0.15) is 0 Å². The van der Waals surface area contributed by atoms with Crippen LogP contribution < -0.4 is 0 Å². The van der Waals surface area contributed by atoms with Gasteiger partial charge in [0.2, 0.25) is 5.91 Å². The van der Waals surface area contributed by atoms with E-state index in [0.717, 1.165) is 0 Å². The van der Waals surface area contributed by atoms with Gasteiger partial charge in [-0.25, -0.2) is 0 Å². The Hall–Kier alpha value is -0.160. The van der Waals surface area contributed by atoms with E-state index in [-0.39, 0.29) is 33.3 Å². The fourth-order valence-electron chi connectivity index (χ4n) is 2.28. The summed E-state index contributed by atoms with van der Waals surface area (Å²) >= 11 is 6.89. The molecule has 1 saturated heterocycles. The van der Waals surface area contributed by atoms with E-state index in [9.17, 15) is 9.59 Å². The van der Waals surface area contributed by atoms with Crippen LogP contribution in [0.5, 0.6) is 0 Å². The van der Waals surface area contributed by atoms with Crippen molar-refractivity contribution < 1.29 is 9.59 Å². The van der Waals surface area contributed by atoms with E-state index >= 15 is 0 Å². The molecular weight excluding hydrogens is 338 g/mol. The van der Waals surface area contributed by atoms with Crippen molar-refractivity contribution in [2.75, 3.05) is 6.54 Å². The van der Waals surface area contributed by atoms with Crippen molar-refractivity contribution in [3.05, 3.63) is 12.7 Å². The zero-order valence-corrected chi connectivity index (χ0v) is 12.5. The highest BCUT2D eigenvalue weighted by Gasteiger charge is 2.46. The minimum Gasteiger partial charge on any atom is -0.332 e. The summed E-state index contributed by atoms with van der Waals surface area (Å²) in [7, 11) is 0. The Bertz CT molecular complexity index is 317. The number of alkyl halides is 2. The smallest absolute Gasteiger partial charge is 0.220 e. The lowest BCUT2D eigenvalue weighted by molar-refractivity contribution is -0.135. The molecule has 90 valence electrons. The van der Waals surface area contributed by atoms with Crippen LogP contribution in [0.3, 0.4) is 0 Å². The van der Waals surface area contributed by atoms with Crippen molar-refractivity contribution in [3.8, 4) is 0 Å². The maximum Gasteiger partial charge on any atom is 0.220 e. The summed E-state index contributed by atoms with van der Waals surface area (Å²) in [6.07, 6.45) is 1.82. The SMILES string of the molecule is C=CC1CN(C(C)=O)[C@H](C(C)=O)[C@H]1C(Br)Br. The Labute approximate surface area is 113 Å². The molecule has 3 atom stereocenters. The molecule has 1 rings (SSSR count). The third-order valence-electron chi connectivity index (χ3n) is 3.02. The van der Waals surface area contributed by atoms with Gasteiger partial charge in [-0.05, 0) is 6.92 Å². The predicted octanol–water partition coefficient (Wildman–Crippen LogP) is 2.34. The molecule has 1 aliphatic rings. The monoisotopic (exact) mass is 351 g/mol. The predicted molar refractivity (Wildman–Crippen MR) is 70.7 cm³/mol. The molecule has 0 saturated carbocycles. The van der Waals surface area contributed by atoms with Crippen LogP contribution in [-0.2, 0) is 9.59 Å². The Morgan fingerprint density at radius 2 is 2.00 bits per heavy atom. The fraction of sp³-hybridized carbons (Fsp3) is 0.636. The molecule has 0 bridgehead atoms. The maximum absolute atomic E-state index is 11.7. The van der Waals surface area contributed by atoms with Crippen molar-refractivity contribution >= 4 is 43.6 Å². The lowest BCUT2D eigenvalue weighted by Gasteiger charge is -2.26. The van der Waals surface area contributed by atoms with E-state index < -0.39 is 0 Å². The van der Waals surface area contributed by atoms with Gasteiger partial charge in [0.1, 0.15) is 0 Å². The first-order valence-electron chi connectivity index (χ1n) is 5.08. The summed E-state index contributed by atoms with van der Waals surface area (Å²) < 4.78 is 0.00116. The van der Waals surface area contributed by atoms with Gasteiger partial charge >= 0.3 is 0 Å². The highest BCUT2D eigenvalue weighted by molar-refractivity contribution is 9.24. The highest BCUT2D eigenvalue weighted by atomic mass is 79.9. The van der Waals surface area contributed by atoms with Crippen LogP contribution in [0.25, 0.3) is 0 Å². The number of amides is 1. The highest BCUT2D eigenvalue weighted by Crippen LogP contribution is 2.39. The lowest BCUT2D eigenvalue weighted by atomic mass is 9.91.